The van der Waals surface area contributed by atoms with E-state index in [1.165, 1.54) is 37.7 Å². The molecule has 0 amide bonds. The maximum absolute atomic E-state index is 4.93. The summed E-state index contributed by atoms with van der Waals surface area (Å²) in [6, 6.07) is 17.1. The lowest BCUT2D eigenvalue weighted by Crippen LogP contribution is -2.37. The molecule has 0 aliphatic heterocycles. The van der Waals surface area contributed by atoms with Crippen LogP contribution < -0.4 is 10.9 Å². The summed E-state index contributed by atoms with van der Waals surface area (Å²) >= 11 is 0. The highest BCUT2D eigenvalue weighted by molar-refractivity contribution is 5.58. The summed E-state index contributed by atoms with van der Waals surface area (Å²) in [5.74, 6) is 0.666. The third-order valence-electron chi connectivity index (χ3n) is 4.58. The Hall–Kier alpha value is -1.71. The van der Waals surface area contributed by atoms with Crippen molar-refractivity contribution in [3.63, 3.8) is 0 Å². The number of hydrogen-bond donors (Lipinski definition) is 2. The molecule has 0 saturated heterocycles. The van der Waals surface area contributed by atoms with Gasteiger partial charge in [-0.3, -0.25) is 10.4 Å². The van der Waals surface area contributed by atoms with Crippen molar-refractivity contribution >= 4 is 0 Å². The van der Waals surface area contributed by atoms with Gasteiger partial charge in [-0.05, 0) is 37.9 Å². The largest absolute Gasteiger partial charge is 0.260 e. The smallest absolute Gasteiger partial charge is 0.0706 e. The molecule has 1 atom stereocenters. The molecule has 2 aromatic rings. The quantitative estimate of drug-likeness (QED) is 0.816. The third-order valence-corrected chi connectivity index (χ3v) is 4.58. The van der Waals surface area contributed by atoms with Crippen molar-refractivity contribution in [1.82, 2.24) is 15.8 Å². The van der Waals surface area contributed by atoms with Gasteiger partial charge in [0.2, 0.25) is 0 Å². The van der Waals surface area contributed by atoms with Crippen LogP contribution in [0.5, 0.6) is 0 Å². The highest BCUT2D eigenvalue weighted by Gasteiger charge is 2.25. The van der Waals surface area contributed by atoms with E-state index < -0.39 is 0 Å². The Labute approximate surface area is 133 Å². The Bertz CT molecular complexity index is 576. The normalized spacial score (nSPS) is 17.3. The molecule has 0 bridgehead atoms. The fraction of sp³-hybridized carbons (Fsp3) is 0.421. The van der Waals surface area contributed by atoms with Crippen LogP contribution >= 0.6 is 0 Å². The molecule has 22 heavy (non-hydrogen) atoms. The summed E-state index contributed by atoms with van der Waals surface area (Å²) in [4.78, 5) is 4.93. The Kier molecular flexibility index (Phi) is 5.20. The zero-order chi connectivity index (χ0) is 15.2. The van der Waals surface area contributed by atoms with E-state index in [9.17, 15) is 0 Å². The topological polar surface area (TPSA) is 37.0 Å². The minimum atomic E-state index is 0.286. The number of pyridine rings is 1. The molecule has 3 heteroatoms. The maximum atomic E-state index is 4.93. The standard InChI is InChI=1S/C19H25N3/c1-20-22-19(16-11-6-3-7-12-16)18-14-8-13-17(21-18)15-9-4-2-5-10-15/h2,4-5,8-10,13-14,16,19-20,22H,3,6-7,11-12H2,1H3. The molecule has 3 nitrogen and oxygen atoms in total. The van der Waals surface area contributed by atoms with Gasteiger partial charge in [0, 0.05) is 5.56 Å². The molecule has 1 saturated carbocycles. The number of nitrogens with one attached hydrogen (secondary N) is 2. The van der Waals surface area contributed by atoms with Gasteiger partial charge in [0.05, 0.1) is 17.4 Å². The highest BCUT2D eigenvalue weighted by Crippen LogP contribution is 2.34. The summed E-state index contributed by atoms with van der Waals surface area (Å²) in [5.41, 5.74) is 9.94. The van der Waals surface area contributed by atoms with E-state index in [1.54, 1.807) is 0 Å². The van der Waals surface area contributed by atoms with E-state index in [0.29, 0.717) is 5.92 Å². The van der Waals surface area contributed by atoms with Gasteiger partial charge in [-0.25, -0.2) is 5.43 Å². The van der Waals surface area contributed by atoms with Gasteiger partial charge < -0.3 is 0 Å². The molecule has 0 radical (unpaired) electrons. The second-order valence-electron chi connectivity index (χ2n) is 6.08. The van der Waals surface area contributed by atoms with Gasteiger partial charge in [-0.1, -0.05) is 55.7 Å². The SMILES string of the molecule is CNNC(c1cccc(-c2ccccc2)n1)C1CCCCC1. The first-order valence-electron chi connectivity index (χ1n) is 8.33. The van der Waals surface area contributed by atoms with Crippen molar-refractivity contribution in [1.29, 1.82) is 0 Å². The first-order chi connectivity index (χ1) is 10.9. The Morgan fingerprint density at radius 1 is 0.955 bits per heavy atom. The monoisotopic (exact) mass is 295 g/mol. The molecule has 1 aromatic carbocycles. The predicted molar refractivity (Wildman–Crippen MR) is 91.2 cm³/mol. The van der Waals surface area contributed by atoms with Crippen LogP contribution in [0.1, 0.15) is 43.8 Å². The molecular weight excluding hydrogens is 270 g/mol. The van der Waals surface area contributed by atoms with Crippen LogP contribution in [0.3, 0.4) is 0 Å². The molecule has 1 aromatic heterocycles. The molecule has 1 aliphatic rings. The van der Waals surface area contributed by atoms with E-state index >= 15 is 0 Å². The molecule has 2 N–H and O–H groups in total. The number of hydrazine groups is 1. The summed E-state index contributed by atoms with van der Waals surface area (Å²) < 4.78 is 0. The van der Waals surface area contributed by atoms with Crippen LogP contribution in [0.2, 0.25) is 0 Å². The lowest BCUT2D eigenvalue weighted by molar-refractivity contribution is 0.253. The van der Waals surface area contributed by atoms with Crippen LogP contribution in [0.4, 0.5) is 0 Å². The molecule has 1 fully saturated rings. The molecule has 1 aliphatic carbocycles. The van der Waals surface area contributed by atoms with Crippen molar-refractivity contribution in [2.75, 3.05) is 7.05 Å². The van der Waals surface area contributed by atoms with Crippen LogP contribution in [0, 0.1) is 5.92 Å². The molecule has 1 heterocycles. The number of aromatic nitrogens is 1. The second kappa shape index (κ2) is 7.52. The van der Waals surface area contributed by atoms with Gasteiger partial charge >= 0.3 is 0 Å². The van der Waals surface area contributed by atoms with Crippen LogP contribution in [-0.2, 0) is 0 Å². The molecule has 3 rings (SSSR count). The second-order valence-corrected chi connectivity index (χ2v) is 6.08. The number of nitrogens with zero attached hydrogens (tertiary/aromatic N) is 1. The number of benzene rings is 1. The van der Waals surface area contributed by atoms with Crippen molar-refractivity contribution < 1.29 is 0 Å². The van der Waals surface area contributed by atoms with Crippen molar-refractivity contribution in [2.24, 2.45) is 5.92 Å². The van der Waals surface area contributed by atoms with Gasteiger partial charge in [-0.2, -0.15) is 0 Å². The van der Waals surface area contributed by atoms with Gasteiger partial charge in [0.1, 0.15) is 0 Å². The van der Waals surface area contributed by atoms with E-state index in [1.807, 2.05) is 13.1 Å². The fourth-order valence-corrected chi connectivity index (χ4v) is 3.45. The minimum Gasteiger partial charge on any atom is -0.260 e. The van der Waals surface area contributed by atoms with Crippen LogP contribution in [0.25, 0.3) is 11.3 Å². The highest BCUT2D eigenvalue weighted by atomic mass is 15.4. The van der Waals surface area contributed by atoms with E-state index in [0.717, 1.165) is 11.4 Å². The molecular formula is C19H25N3. The maximum Gasteiger partial charge on any atom is 0.0706 e. The Morgan fingerprint density at radius 3 is 2.45 bits per heavy atom. The minimum absolute atomic E-state index is 0.286. The number of rotatable bonds is 5. The van der Waals surface area contributed by atoms with Crippen molar-refractivity contribution in [2.45, 2.75) is 38.1 Å². The predicted octanol–water partition coefficient (Wildman–Crippen LogP) is 4.09. The molecule has 116 valence electrons. The third kappa shape index (κ3) is 3.54. The van der Waals surface area contributed by atoms with Crippen molar-refractivity contribution in [3.05, 3.63) is 54.2 Å². The van der Waals surface area contributed by atoms with Gasteiger partial charge in [0.25, 0.3) is 0 Å². The first kappa shape index (κ1) is 15.2. The van der Waals surface area contributed by atoms with E-state index in [-0.39, 0.29) is 6.04 Å². The van der Waals surface area contributed by atoms with E-state index in [4.69, 9.17) is 4.98 Å². The summed E-state index contributed by atoms with van der Waals surface area (Å²) in [6.07, 6.45) is 6.63. The average molecular weight is 295 g/mol. The van der Waals surface area contributed by atoms with Crippen LogP contribution in [-0.4, -0.2) is 12.0 Å². The summed E-state index contributed by atoms with van der Waals surface area (Å²) in [7, 11) is 1.94. The summed E-state index contributed by atoms with van der Waals surface area (Å²) in [5, 5.41) is 0. The first-order valence-corrected chi connectivity index (χ1v) is 8.33. The summed E-state index contributed by atoms with van der Waals surface area (Å²) in [6.45, 7) is 0. The zero-order valence-corrected chi connectivity index (χ0v) is 13.3. The molecule has 0 spiro atoms. The van der Waals surface area contributed by atoms with Crippen LogP contribution in [0.15, 0.2) is 48.5 Å². The van der Waals surface area contributed by atoms with Gasteiger partial charge in [-0.15, -0.1) is 0 Å². The lowest BCUT2D eigenvalue weighted by atomic mass is 9.82. The zero-order valence-electron chi connectivity index (χ0n) is 13.3. The van der Waals surface area contributed by atoms with E-state index in [2.05, 4.69) is 53.3 Å². The van der Waals surface area contributed by atoms with Gasteiger partial charge in [0.15, 0.2) is 0 Å². The average Bonchev–Trinajstić information content (AvgIpc) is 2.61. The Morgan fingerprint density at radius 2 is 1.73 bits per heavy atom. The Balaban J connectivity index is 1.87. The number of hydrogen-bond acceptors (Lipinski definition) is 3. The lowest BCUT2D eigenvalue weighted by Gasteiger charge is -2.30. The molecule has 1 unspecified atom stereocenters. The van der Waals surface area contributed by atoms with Crippen molar-refractivity contribution in [3.8, 4) is 11.3 Å². The fourth-order valence-electron chi connectivity index (χ4n) is 3.45.